The number of aliphatic hydroxyl groups is 1. The molecule has 5 rings (SSSR count). The maximum Gasteiger partial charge on any atom is 0.243 e. The molecule has 4 aromatic rings. The van der Waals surface area contributed by atoms with Crippen molar-refractivity contribution in [2.45, 2.75) is 76.7 Å². The number of amides is 2. The number of nitrogens with one attached hydrogen (secondary N) is 2. The maximum absolute atomic E-state index is 12.5. The van der Waals surface area contributed by atoms with Crippen LogP contribution in [-0.2, 0) is 38.8 Å². The highest BCUT2D eigenvalue weighted by Crippen LogP contribution is 2.38. The van der Waals surface area contributed by atoms with Gasteiger partial charge in [-0.3, -0.25) is 19.7 Å². The number of aliphatic hydroxyl groups excluding tert-OH is 1. The average Bonchev–Trinajstić information content (AvgIpc) is 3.12. The molecule has 1 aliphatic rings. The fourth-order valence-electron chi connectivity index (χ4n) is 5.94. The van der Waals surface area contributed by atoms with Gasteiger partial charge in [-0.1, -0.05) is 103 Å². The molecule has 1 aliphatic heterocycles. The number of rotatable bonds is 16. The summed E-state index contributed by atoms with van der Waals surface area (Å²) in [6.45, 7) is 2.25. The van der Waals surface area contributed by atoms with Gasteiger partial charge in [0.05, 0.1) is 18.8 Å². The van der Waals surface area contributed by atoms with E-state index in [1.807, 2.05) is 60.7 Å². The molecule has 4 N–H and O–H groups in total. The van der Waals surface area contributed by atoms with Gasteiger partial charge in [0.25, 0.3) is 0 Å². The number of anilines is 1. The number of hydroxylamine groups is 1. The van der Waals surface area contributed by atoms with Crippen molar-refractivity contribution in [2.24, 2.45) is 0 Å². The van der Waals surface area contributed by atoms with Gasteiger partial charge in [-0.25, -0.2) is 5.48 Å². The van der Waals surface area contributed by atoms with Crippen LogP contribution in [0.25, 0.3) is 0 Å². The van der Waals surface area contributed by atoms with Crippen LogP contribution in [0.4, 0.5) is 5.69 Å². The molecule has 1 saturated heterocycles. The van der Waals surface area contributed by atoms with Crippen LogP contribution in [0.2, 0.25) is 0 Å². The summed E-state index contributed by atoms with van der Waals surface area (Å²) in [7, 11) is 0. The SMILES string of the molecule is O=C(CCCCCC(=O)Nc1ccc(C2OC(CN(Cc3ccccc3)Cc3ccccc3)CC(c3ccc(CO)cc3)O2)cc1)NO. The molecule has 2 amide bonds. The van der Waals surface area contributed by atoms with Crippen LogP contribution in [0.5, 0.6) is 0 Å². The third-order valence-electron chi connectivity index (χ3n) is 8.47. The lowest BCUT2D eigenvalue weighted by Gasteiger charge is -2.38. The Hall–Kier alpha value is -4.38. The van der Waals surface area contributed by atoms with Crippen molar-refractivity contribution in [3.05, 3.63) is 137 Å². The molecule has 0 bridgehead atoms. The lowest BCUT2D eigenvalue weighted by Crippen LogP contribution is -2.39. The summed E-state index contributed by atoms with van der Waals surface area (Å²) < 4.78 is 13.2. The zero-order valence-electron chi connectivity index (χ0n) is 27.2. The molecule has 9 nitrogen and oxygen atoms in total. The normalized spacial score (nSPS) is 17.6. The van der Waals surface area contributed by atoms with Gasteiger partial charge in [0.1, 0.15) is 0 Å². The summed E-state index contributed by atoms with van der Waals surface area (Å²) in [4.78, 5) is 26.1. The van der Waals surface area contributed by atoms with Crippen LogP contribution in [0, 0.1) is 0 Å². The quantitative estimate of drug-likeness (QED) is 0.0596. The van der Waals surface area contributed by atoms with Gasteiger partial charge in [-0.15, -0.1) is 0 Å². The first kappa shape index (κ1) is 34.9. The van der Waals surface area contributed by atoms with Gasteiger partial charge in [0.2, 0.25) is 11.8 Å². The first-order chi connectivity index (χ1) is 23.5. The van der Waals surface area contributed by atoms with Crippen LogP contribution in [0.15, 0.2) is 109 Å². The predicted octanol–water partition coefficient (Wildman–Crippen LogP) is 6.82. The number of hydrogen-bond acceptors (Lipinski definition) is 7. The van der Waals surface area contributed by atoms with E-state index in [4.69, 9.17) is 14.7 Å². The smallest absolute Gasteiger partial charge is 0.243 e. The number of nitrogens with zero attached hydrogens (tertiary/aromatic N) is 1. The fraction of sp³-hybridized carbons (Fsp3) is 0.333. The Kier molecular flexibility index (Phi) is 13.3. The van der Waals surface area contributed by atoms with Crippen LogP contribution < -0.4 is 10.8 Å². The molecule has 9 heteroatoms. The lowest BCUT2D eigenvalue weighted by atomic mass is 9.99. The molecule has 4 aromatic carbocycles. The maximum atomic E-state index is 12.5. The van der Waals surface area contributed by atoms with E-state index in [1.165, 1.54) is 11.1 Å². The van der Waals surface area contributed by atoms with Gasteiger partial charge in [0, 0.05) is 50.1 Å². The minimum Gasteiger partial charge on any atom is -0.392 e. The van der Waals surface area contributed by atoms with Crippen molar-refractivity contribution >= 4 is 17.5 Å². The predicted molar refractivity (Wildman–Crippen MR) is 184 cm³/mol. The Morgan fingerprint density at radius 1 is 0.688 bits per heavy atom. The molecule has 252 valence electrons. The van der Waals surface area contributed by atoms with Crippen LogP contribution >= 0.6 is 0 Å². The minimum absolute atomic E-state index is 0.0136. The lowest BCUT2D eigenvalue weighted by molar-refractivity contribution is -0.253. The highest BCUT2D eigenvalue weighted by molar-refractivity contribution is 5.90. The number of hydrogen-bond donors (Lipinski definition) is 4. The topological polar surface area (TPSA) is 120 Å². The van der Waals surface area contributed by atoms with Crippen molar-refractivity contribution in [3.63, 3.8) is 0 Å². The van der Waals surface area contributed by atoms with Crippen LogP contribution in [-0.4, -0.2) is 39.7 Å². The van der Waals surface area contributed by atoms with E-state index in [0.717, 1.165) is 36.2 Å². The first-order valence-corrected chi connectivity index (χ1v) is 16.6. The monoisotopic (exact) mass is 651 g/mol. The largest absolute Gasteiger partial charge is 0.392 e. The molecule has 0 radical (unpaired) electrons. The minimum atomic E-state index is -0.609. The second kappa shape index (κ2) is 18.2. The summed E-state index contributed by atoms with van der Waals surface area (Å²) in [6.07, 6.45) is 2.29. The van der Waals surface area contributed by atoms with E-state index in [0.29, 0.717) is 37.9 Å². The van der Waals surface area contributed by atoms with E-state index in [2.05, 4.69) is 58.7 Å². The molecule has 3 unspecified atom stereocenters. The zero-order valence-corrected chi connectivity index (χ0v) is 27.2. The Balaban J connectivity index is 1.27. The van der Waals surface area contributed by atoms with Gasteiger partial charge in [-0.05, 0) is 47.2 Å². The Labute approximate surface area is 282 Å². The zero-order chi connectivity index (χ0) is 33.6. The summed E-state index contributed by atoms with van der Waals surface area (Å²) in [5.41, 5.74) is 7.52. The summed E-state index contributed by atoms with van der Waals surface area (Å²) in [5.74, 6) is -0.512. The highest BCUT2D eigenvalue weighted by atomic mass is 16.7. The van der Waals surface area contributed by atoms with Crippen molar-refractivity contribution < 1.29 is 29.4 Å². The fourth-order valence-corrected chi connectivity index (χ4v) is 5.94. The Morgan fingerprint density at radius 2 is 1.27 bits per heavy atom. The molecule has 0 saturated carbocycles. The molecule has 48 heavy (non-hydrogen) atoms. The van der Waals surface area contributed by atoms with E-state index < -0.39 is 12.2 Å². The van der Waals surface area contributed by atoms with Gasteiger partial charge in [-0.2, -0.15) is 0 Å². The van der Waals surface area contributed by atoms with Crippen molar-refractivity contribution in [1.82, 2.24) is 10.4 Å². The Morgan fingerprint density at radius 3 is 1.85 bits per heavy atom. The average molecular weight is 652 g/mol. The number of ether oxygens (including phenoxy) is 2. The summed E-state index contributed by atoms with van der Waals surface area (Å²) >= 11 is 0. The van der Waals surface area contributed by atoms with E-state index in [9.17, 15) is 14.7 Å². The van der Waals surface area contributed by atoms with E-state index in [-0.39, 0.29) is 31.1 Å². The number of carbonyl (C=O) groups excluding carboxylic acids is 2. The van der Waals surface area contributed by atoms with Crippen molar-refractivity contribution in [1.29, 1.82) is 0 Å². The number of unbranched alkanes of at least 4 members (excludes halogenated alkanes) is 2. The second-order valence-electron chi connectivity index (χ2n) is 12.3. The molecule has 0 aliphatic carbocycles. The van der Waals surface area contributed by atoms with Gasteiger partial charge >= 0.3 is 0 Å². The molecule has 3 atom stereocenters. The van der Waals surface area contributed by atoms with Gasteiger partial charge < -0.3 is 19.9 Å². The number of carbonyl (C=O) groups is 2. The van der Waals surface area contributed by atoms with Crippen molar-refractivity contribution in [3.8, 4) is 0 Å². The third kappa shape index (κ3) is 10.8. The highest BCUT2D eigenvalue weighted by Gasteiger charge is 2.33. The molecular weight excluding hydrogens is 606 g/mol. The van der Waals surface area contributed by atoms with Crippen LogP contribution in [0.1, 0.15) is 78.7 Å². The molecule has 0 aromatic heterocycles. The number of benzene rings is 4. The Bertz CT molecular complexity index is 1510. The first-order valence-electron chi connectivity index (χ1n) is 16.6. The van der Waals surface area contributed by atoms with Crippen LogP contribution in [0.3, 0.4) is 0 Å². The standard InChI is InChI=1S/C39H45N3O6/c43-28-31-16-18-32(19-17-31)36-24-35(27-42(25-29-10-4-1-5-11-29)26-30-12-6-2-7-13-30)47-39(48-36)33-20-22-34(23-21-33)40-37(44)14-8-3-9-15-38(45)41-46/h1-2,4-7,10-13,16-23,35-36,39,43,46H,3,8-9,14-15,24-28H2,(H,40,44)(H,41,45). The molecular formula is C39H45N3O6. The molecule has 1 heterocycles. The third-order valence-corrected chi connectivity index (χ3v) is 8.47. The molecule has 0 spiro atoms. The van der Waals surface area contributed by atoms with E-state index >= 15 is 0 Å². The van der Waals surface area contributed by atoms with Gasteiger partial charge in [0.15, 0.2) is 6.29 Å². The summed E-state index contributed by atoms with van der Waals surface area (Å²) in [6, 6.07) is 36.4. The second-order valence-corrected chi connectivity index (χ2v) is 12.3. The summed E-state index contributed by atoms with van der Waals surface area (Å²) in [5, 5.41) is 21.1. The van der Waals surface area contributed by atoms with Crippen molar-refractivity contribution in [2.75, 3.05) is 11.9 Å². The van der Waals surface area contributed by atoms with E-state index in [1.54, 1.807) is 5.48 Å². The molecule has 1 fully saturated rings.